The highest BCUT2D eigenvalue weighted by molar-refractivity contribution is 7.21. The van der Waals surface area contributed by atoms with Gasteiger partial charge in [-0.05, 0) is 48.5 Å². The van der Waals surface area contributed by atoms with Crippen LogP contribution in [0.4, 0.5) is 14.5 Å². The summed E-state index contributed by atoms with van der Waals surface area (Å²) in [6.07, 6.45) is 1.72. The van der Waals surface area contributed by atoms with Crippen molar-refractivity contribution in [2.45, 2.75) is 0 Å². The van der Waals surface area contributed by atoms with E-state index in [1.165, 1.54) is 11.3 Å². The standard InChI is InChI=1S/C19H11F2N3OS/c20-12-5-8-14(15(21)10-12)17(25)23-13-6-3-11(4-7-13)18-24-16-2-1-9-22-19(16)26-18/h1-10H,(H,23,25). The second-order valence-electron chi connectivity index (χ2n) is 5.50. The van der Waals surface area contributed by atoms with Crippen molar-refractivity contribution in [2.75, 3.05) is 5.32 Å². The highest BCUT2D eigenvalue weighted by Gasteiger charge is 2.13. The van der Waals surface area contributed by atoms with Gasteiger partial charge >= 0.3 is 0 Å². The molecule has 4 nitrogen and oxygen atoms in total. The van der Waals surface area contributed by atoms with Crippen molar-refractivity contribution in [3.05, 3.63) is 78.0 Å². The smallest absolute Gasteiger partial charge is 0.258 e. The number of thiazole rings is 1. The Bertz CT molecular complexity index is 1080. The molecule has 0 fully saturated rings. The highest BCUT2D eigenvalue weighted by Crippen LogP contribution is 2.29. The Morgan fingerprint density at radius 1 is 1.04 bits per heavy atom. The second-order valence-corrected chi connectivity index (χ2v) is 6.48. The third-order valence-corrected chi connectivity index (χ3v) is 4.76. The first-order chi connectivity index (χ1) is 12.6. The molecular formula is C19H11F2N3OS. The van der Waals surface area contributed by atoms with E-state index in [1.807, 2.05) is 24.3 Å². The number of anilines is 1. The van der Waals surface area contributed by atoms with Gasteiger partial charge in [0.05, 0.1) is 5.56 Å². The maximum absolute atomic E-state index is 13.7. The first kappa shape index (κ1) is 16.3. The molecule has 128 valence electrons. The summed E-state index contributed by atoms with van der Waals surface area (Å²) in [5.41, 5.74) is 2.00. The number of hydrogen-bond acceptors (Lipinski definition) is 4. The number of hydrogen-bond donors (Lipinski definition) is 1. The van der Waals surface area contributed by atoms with E-state index < -0.39 is 17.5 Å². The van der Waals surface area contributed by atoms with Crippen LogP contribution in [0.25, 0.3) is 20.9 Å². The minimum Gasteiger partial charge on any atom is -0.322 e. The van der Waals surface area contributed by atoms with Crippen molar-refractivity contribution in [3.8, 4) is 10.6 Å². The minimum atomic E-state index is -0.902. The average molecular weight is 367 g/mol. The van der Waals surface area contributed by atoms with E-state index in [0.29, 0.717) is 11.8 Å². The monoisotopic (exact) mass is 367 g/mol. The lowest BCUT2D eigenvalue weighted by atomic mass is 10.1. The molecular weight excluding hydrogens is 356 g/mol. The summed E-state index contributed by atoms with van der Waals surface area (Å²) in [5.74, 6) is -2.27. The molecule has 1 N–H and O–H groups in total. The van der Waals surface area contributed by atoms with Gasteiger partial charge in [0.15, 0.2) is 0 Å². The summed E-state index contributed by atoms with van der Waals surface area (Å²) in [4.78, 5) is 21.8. The van der Waals surface area contributed by atoms with E-state index in [1.54, 1.807) is 18.3 Å². The molecule has 0 saturated carbocycles. The normalized spacial score (nSPS) is 10.8. The van der Waals surface area contributed by atoms with Crippen molar-refractivity contribution >= 4 is 33.3 Å². The zero-order valence-electron chi connectivity index (χ0n) is 13.2. The first-order valence-electron chi connectivity index (χ1n) is 7.68. The summed E-state index contributed by atoms with van der Waals surface area (Å²) < 4.78 is 26.6. The van der Waals surface area contributed by atoms with Crippen molar-refractivity contribution in [1.29, 1.82) is 0 Å². The summed E-state index contributed by atoms with van der Waals surface area (Å²) in [5, 5.41) is 3.41. The molecule has 0 spiro atoms. The summed E-state index contributed by atoms with van der Waals surface area (Å²) >= 11 is 1.48. The van der Waals surface area contributed by atoms with Gasteiger partial charge in [-0.15, -0.1) is 0 Å². The Morgan fingerprint density at radius 2 is 1.85 bits per heavy atom. The largest absolute Gasteiger partial charge is 0.322 e. The number of rotatable bonds is 3. The van der Waals surface area contributed by atoms with Gasteiger partial charge in [0, 0.05) is 23.5 Å². The molecule has 0 saturated heterocycles. The van der Waals surface area contributed by atoms with Crippen LogP contribution in [0.1, 0.15) is 10.4 Å². The molecule has 4 aromatic rings. The van der Waals surface area contributed by atoms with Crippen molar-refractivity contribution in [1.82, 2.24) is 9.97 Å². The Morgan fingerprint density at radius 3 is 2.58 bits per heavy atom. The fourth-order valence-electron chi connectivity index (χ4n) is 2.46. The van der Waals surface area contributed by atoms with Crippen LogP contribution in [-0.2, 0) is 0 Å². The highest BCUT2D eigenvalue weighted by atomic mass is 32.1. The maximum Gasteiger partial charge on any atom is 0.258 e. The third kappa shape index (κ3) is 3.16. The van der Waals surface area contributed by atoms with Crippen LogP contribution in [0.5, 0.6) is 0 Å². The van der Waals surface area contributed by atoms with Gasteiger partial charge in [-0.2, -0.15) is 0 Å². The van der Waals surface area contributed by atoms with Crippen LogP contribution in [0.3, 0.4) is 0 Å². The van der Waals surface area contributed by atoms with Gasteiger partial charge in [-0.25, -0.2) is 18.7 Å². The number of halogens is 2. The van der Waals surface area contributed by atoms with Gasteiger partial charge < -0.3 is 5.32 Å². The second kappa shape index (κ2) is 6.61. The van der Waals surface area contributed by atoms with Crippen LogP contribution < -0.4 is 5.32 Å². The van der Waals surface area contributed by atoms with E-state index >= 15 is 0 Å². The van der Waals surface area contributed by atoms with Crippen LogP contribution in [0, 0.1) is 11.6 Å². The number of nitrogens with one attached hydrogen (secondary N) is 1. The zero-order valence-corrected chi connectivity index (χ0v) is 14.1. The van der Waals surface area contributed by atoms with Crippen LogP contribution in [0.2, 0.25) is 0 Å². The molecule has 26 heavy (non-hydrogen) atoms. The van der Waals surface area contributed by atoms with Crippen molar-refractivity contribution in [3.63, 3.8) is 0 Å². The molecule has 0 radical (unpaired) electrons. The number of benzene rings is 2. The quantitative estimate of drug-likeness (QED) is 0.561. The molecule has 2 heterocycles. The Labute approximate surface area is 151 Å². The predicted octanol–water partition coefficient (Wildman–Crippen LogP) is 4.89. The lowest BCUT2D eigenvalue weighted by Crippen LogP contribution is -2.13. The lowest BCUT2D eigenvalue weighted by molar-refractivity contribution is 0.102. The van der Waals surface area contributed by atoms with E-state index in [4.69, 9.17) is 0 Å². The molecule has 0 unspecified atom stereocenters. The van der Waals surface area contributed by atoms with E-state index in [-0.39, 0.29) is 5.56 Å². The molecule has 2 aromatic carbocycles. The molecule has 0 atom stereocenters. The van der Waals surface area contributed by atoms with Gasteiger partial charge in [-0.1, -0.05) is 11.3 Å². The average Bonchev–Trinajstić information content (AvgIpc) is 3.06. The van der Waals surface area contributed by atoms with E-state index in [2.05, 4.69) is 15.3 Å². The lowest BCUT2D eigenvalue weighted by Gasteiger charge is -2.07. The fourth-order valence-corrected chi connectivity index (χ4v) is 3.37. The Kier molecular flexibility index (Phi) is 4.14. The van der Waals surface area contributed by atoms with Crippen molar-refractivity contribution in [2.24, 2.45) is 0 Å². The third-order valence-electron chi connectivity index (χ3n) is 3.73. The van der Waals surface area contributed by atoms with E-state index in [9.17, 15) is 13.6 Å². The number of pyridine rings is 1. The van der Waals surface area contributed by atoms with E-state index in [0.717, 1.165) is 33.1 Å². The number of aromatic nitrogens is 2. The molecule has 0 aliphatic rings. The van der Waals surface area contributed by atoms with Gasteiger partial charge in [0.25, 0.3) is 5.91 Å². The molecule has 7 heteroatoms. The SMILES string of the molecule is O=C(Nc1ccc(-c2nc3cccnc3s2)cc1)c1ccc(F)cc1F. The predicted molar refractivity (Wildman–Crippen MR) is 97.2 cm³/mol. The number of carbonyl (C=O) groups excluding carboxylic acids is 1. The molecule has 0 aliphatic carbocycles. The van der Waals surface area contributed by atoms with Gasteiger partial charge in [0.1, 0.15) is 27.0 Å². The summed E-state index contributed by atoms with van der Waals surface area (Å²) in [7, 11) is 0. The van der Waals surface area contributed by atoms with Crippen LogP contribution in [0.15, 0.2) is 60.8 Å². The number of fused-ring (bicyclic) bond motifs is 1. The maximum atomic E-state index is 13.7. The minimum absolute atomic E-state index is 0.215. The topological polar surface area (TPSA) is 54.9 Å². The number of nitrogens with zero attached hydrogens (tertiary/aromatic N) is 2. The van der Waals surface area contributed by atoms with Gasteiger partial charge in [-0.3, -0.25) is 4.79 Å². The number of carbonyl (C=O) groups is 1. The first-order valence-corrected chi connectivity index (χ1v) is 8.50. The van der Waals surface area contributed by atoms with Gasteiger partial charge in [0.2, 0.25) is 0 Å². The summed E-state index contributed by atoms with van der Waals surface area (Å²) in [6, 6.07) is 13.6. The molecule has 0 bridgehead atoms. The summed E-state index contributed by atoms with van der Waals surface area (Å²) in [6.45, 7) is 0. The fraction of sp³-hybridized carbons (Fsp3) is 0. The molecule has 0 aliphatic heterocycles. The molecule has 4 rings (SSSR count). The van der Waals surface area contributed by atoms with Crippen molar-refractivity contribution < 1.29 is 13.6 Å². The zero-order chi connectivity index (χ0) is 18.1. The molecule has 1 amide bonds. The number of amides is 1. The Hall–Kier alpha value is -3.19. The van der Waals surface area contributed by atoms with Crippen LogP contribution >= 0.6 is 11.3 Å². The molecule has 2 aromatic heterocycles. The van der Waals surface area contributed by atoms with Crippen LogP contribution in [-0.4, -0.2) is 15.9 Å². The Balaban J connectivity index is 1.55.